The van der Waals surface area contributed by atoms with Gasteiger partial charge in [0, 0.05) is 19.8 Å². The summed E-state index contributed by atoms with van der Waals surface area (Å²) in [5, 5.41) is 8.59. The maximum Gasteiger partial charge on any atom is 0.309 e. The summed E-state index contributed by atoms with van der Waals surface area (Å²) in [7, 11) is -2.40. The lowest BCUT2D eigenvalue weighted by molar-refractivity contribution is 0.461. The van der Waals surface area contributed by atoms with E-state index in [0.29, 0.717) is 10.7 Å². The van der Waals surface area contributed by atoms with E-state index < -0.39 is 10.2 Å². The van der Waals surface area contributed by atoms with Crippen LogP contribution in [0.4, 0.5) is 0 Å². The third-order valence-corrected chi connectivity index (χ3v) is 3.30. The predicted octanol–water partition coefficient (Wildman–Crippen LogP) is 0.482. The Kier molecular flexibility index (Phi) is 4.06. The number of halogens is 1. The van der Waals surface area contributed by atoms with Gasteiger partial charge in [-0.1, -0.05) is 17.7 Å². The Morgan fingerprint density at radius 3 is 2.81 bits per heavy atom. The first-order chi connectivity index (χ1) is 7.45. The summed E-state index contributed by atoms with van der Waals surface area (Å²) in [6, 6.07) is 3.22. The number of nitriles is 1. The van der Waals surface area contributed by atoms with Gasteiger partial charge in [0.1, 0.15) is 5.15 Å². The summed E-state index contributed by atoms with van der Waals surface area (Å²) >= 11 is 5.59. The monoisotopic (exact) mass is 260 g/mol. The second-order valence-electron chi connectivity index (χ2n) is 2.96. The van der Waals surface area contributed by atoms with E-state index in [-0.39, 0.29) is 6.54 Å². The van der Waals surface area contributed by atoms with Crippen LogP contribution in [0.3, 0.4) is 0 Å². The quantitative estimate of drug-likeness (QED) is 0.485. The van der Waals surface area contributed by atoms with Crippen LogP contribution < -0.4 is 4.72 Å². The fourth-order valence-corrected chi connectivity index (χ4v) is 1.68. The minimum atomic E-state index is -3.76. The van der Waals surface area contributed by atoms with Gasteiger partial charge in [-0.15, -0.1) is 0 Å². The molecular weight excluding hydrogens is 252 g/mol. The molecule has 8 heteroatoms. The van der Waals surface area contributed by atoms with Crippen LogP contribution in [0.5, 0.6) is 0 Å². The molecule has 1 aromatic rings. The van der Waals surface area contributed by atoms with Crippen LogP contribution in [0.2, 0.25) is 5.15 Å². The fourth-order valence-electron chi connectivity index (χ4n) is 0.978. The van der Waals surface area contributed by atoms with E-state index in [2.05, 4.69) is 4.98 Å². The molecule has 0 saturated heterocycles. The molecule has 16 heavy (non-hydrogen) atoms. The van der Waals surface area contributed by atoms with E-state index in [1.54, 1.807) is 16.9 Å². The SMILES string of the molecule is CN(Cc1ccc(Cl)nc1)S(=O)(=O)NC#N. The summed E-state index contributed by atoms with van der Waals surface area (Å²) < 4.78 is 25.4. The minimum Gasteiger partial charge on any atom is -0.244 e. The lowest BCUT2D eigenvalue weighted by Gasteiger charge is -2.14. The molecule has 1 heterocycles. The number of pyridine rings is 1. The summed E-state index contributed by atoms with van der Waals surface area (Å²) in [6.07, 6.45) is 2.84. The third kappa shape index (κ3) is 3.34. The average Bonchev–Trinajstić information content (AvgIpc) is 2.21. The summed E-state index contributed by atoms with van der Waals surface area (Å²) in [4.78, 5) is 3.82. The molecule has 0 atom stereocenters. The lowest BCUT2D eigenvalue weighted by atomic mass is 10.3. The molecular formula is C8H9ClN4O2S. The zero-order chi connectivity index (χ0) is 12.2. The number of nitrogens with one attached hydrogen (secondary N) is 1. The zero-order valence-electron chi connectivity index (χ0n) is 8.38. The van der Waals surface area contributed by atoms with Crippen molar-refractivity contribution in [3.8, 4) is 6.19 Å². The van der Waals surface area contributed by atoms with Crippen LogP contribution in [0.15, 0.2) is 18.3 Å². The van der Waals surface area contributed by atoms with E-state index in [4.69, 9.17) is 16.9 Å². The number of nitrogens with zero attached hydrogens (tertiary/aromatic N) is 3. The maximum absolute atomic E-state index is 11.3. The molecule has 86 valence electrons. The largest absolute Gasteiger partial charge is 0.309 e. The predicted molar refractivity (Wildman–Crippen MR) is 58.4 cm³/mol. The molecule has 0 aliphatic rings. The number of aromatic nitrogens is 1. The first-order valence-electron chi connectivity index (χ1n) is 4.18. The Balaban J connectivity index is 2.76. The topological polar surface area (TPSA) is 86.1 Å². The second-order valence-corrected chi connectivity index (χ2v) is 5.13. The molecule has 0 saturated carbocycles. The van der Waals surface area contributed by atoms with Gasteiger partial charge in [0.25, 0.3) is 0 Å². The van der Waals surface area contributed by atoms with Crippen molar-refractivity contribution in [2.75, 3.05) is 7.05 Å². The minimum absolute atomic E-state index is 0.112. The molecule has 0 aromatic carbocycles. The molecule has 0 spiro atoms. The molecule has 1 rings (SSSR count). The molecule has 1 N–H and O–H groups in total. The highest BCUT2D eigenvalue weighted by molar-refractivity contribution is 7.87. The highest BCUT2D eigenvalue weighted by Crippen LogP contribution is 2.08. The van der Waals surface area contributed by atoms with Gasteiger partial charge >= 0.3 is 10.2 Å². The Labute approximate surface area is 98.6 Å². The number of hydrogen-bond acceptors (Lipinski definition) is 4. The highest BCUT2D eigenvalue weighted by atomic mass is 35.5. The van der Waals surface area contributed by atoms with E-state index in [9.17, 15) is 8.42 Å². The Morgan fingerprint density at radius 2 is 2.31 bits per heavy atom. The maximum atomic E-state index is 11.3. The van der Waals surface area contributed by atoms with Gasteiger partial charge in [0.05, 0.1) is 0 Å². The van der Waals surface area contributed by atoms with Crippen molar-refractivity contribution in [1.82, 2.24) is 14.0 Å². The number of hydrogen-bond donors (Lipinski definition) is 1. The zero-order valence-corrected chi connectivity index (χ0v) is 9.96. The normalized spacial score (nSPS) is 11.1. The lowest BCUT2D eigenvalue weighted by Crippen LogP contribution is -2.35. The van der Waals surface area contributed by atoms with E-state index in [1.165, 1.54) is 19.4 Å². The Morgan fingerprint density at radius 1 is 1.62 bits per heavy atom. The van der Waals surface area contributed by atoms with E-state index in [1.807, 2.05) is 0 Å². The molecule has 0 radical (unpaired) electrons. The van der Waals surface area contributed by atoms with Crippen LogP contribution >= 0.6 is 11.6 Å². The van der Waals surface area contributed by atoms with Crippen LogP contribution in [0.25, 0.3) is 0 Å². The Hall–Kier alpha value is -1.36. The number of rotatable bonds is 4. The Bertz CT molecular complexity index is 494. The van der Waals surface area contributed by atoms with E-state index >= 15 is 0 Å². The molecule has 1 aromatic heterocycles. The van der Waals surface area contributed by atoms with Gasteiger partial charge in [0.2, 0.25) is 0 Å². The third-order valence-electron chi connectivity index (χ3n) is 1.78. The standard InChI is InChI=1S/C8H9ClN4O2S/c1-13(16(14,15)12-6-10)5-7-2-3-8(9)11-4-7/h2-4,12H,5H2,1H3. The van der Waals surface area contributed by atoms with Crippen molar-refractivity contribution >= 4 is 21.8 Å². The van der Waals surface area contributed by atoms with Gasteiger partial charge < -0.3 is 0 Å². The fraction of sp³-hybridized carbons (Fsp3) is 0.250. The smallest absolute Gasteiger partial charge is 0.244 e. The summed E-state index contributed by atoms with van der Waals surface area (Å²) in [6.45, 7) is 0.112. The molecule has 0 fully saturated rings. The summed E-state index contributed by atoms with van der Waals surface area (Å²) in [5.74, 6) is 0. The first kappa shape index (κ1) is 12.7. The molecule has 0 unspecified atom stereocenters. The molecule has 0 bridgehead atoms. The molecule has 6 nitrogen and oxygen atoms in total. The summed E-state index contributed by atoms with van der Waals surface area (Å²) in [5.41, 5.74) is 0.676. The van der Waals surface area contributed by atoms with Gasteiger partial charge in [-0.25, -0.2) is 9.71 Å². The average molecular weight is 261 g/mol. The first-order valence-corrected chi connectivity index (χ1v) is 6.00. The van der Waals surface area contributed by atoms with Gasteiger partial charge in [0.15, 0.2) is 6.19 Å². The van der Waals surface area contributed by atoms with Crippen molar-refractivity contribution in [2.45, 2.75) is 6.54 Å². The van der Waals surface area contributed by atoms with Crippen molar-refractivity contribution in [3.63, 3.8) is 0 Å². The highest BCUT2D eigenvalue weighted by Gasteiger charge is 2.16. The molecule has 0 aliphatic carbocycles. The van der Waals surface area contributed by atoms with Crippen molar-refractivity contribution in [2.24, 2.45) is 0 Å². The van der Waals surface area contributed by atoms with Crippen LogP contribution in [0, 0.1) is 11.5 Å². The van der Waals surface area contributed by atoms with Gasteiger partial charge in [-0.3, -0.25) is 0 Å². The second kappa shape index (κ2) is 5.12. The molecule has 0 aliphatic heterocycles. The van der Waals surface area contributed by atoms with Gasteiger partial charge in [-0.2, -0.15) is 18.0 Å². The van der Waals surface area contributed by atoms with Gasteiger partial charge in [-0.05, 0) is 11.6 Å². The molecule has 0 amide bonds. The van der Waals surface area contributed by atoms with Crippen LogP contribution in [-0.4, -0.2) is 24.8 Å². The van der Waals surface area contributed by atoms with Crippen LogP contribution in [0.1, 0.15) is 5.56 Å². The van der Waals surface area contributed by atoms with Crippen molar-refractivity contribution < 1.29 is 8.42 Å². The van der Waals surface area contributed by atoms with Crippen LogP contribution in [-0.2, 0) is 16.8 Å². The van der Waals surface area contributed by atoms with Crippen molar-refractivity contribution in [3.05, 3.63) is 29.0 Å². The van der Waals surface area contributed by atoms with E-state index in [0.717, 1.165) is 4.31 Å². The van der Waals surface area contributed by atoms with Crippen molar-refractivity contribution in [1.29, 1.82) is 5.26 Å².